The standard InChI is InChI=1S/C16H23ClN2O2/c1-2-21-14-7-6-12(17)10-13(14)19-15(20)11-16(18)8-4-3-5-9-16/h6-7,10H,2-5,8-9,11,18H2,1H3,(H,19,20). The molecule has 2 rings (SSSR count). The predicted octanol–water partition coefficient (Wildman–Crippen LogP) is 3.73. The first kappa shape index (κ1) is 16.1. The quantitative estimate of drug-likeness (QED) is 0.871. The number of ether oxygens (including phenoxy) is 1. The van der Waals surface area contributed by atoms with Gasteiger partial charge in [-0.1, -0.05) is 30.9 Å². The monoisotopic (exact) mass is 310 g/mol. The van der Waals surface area contributed by atoms with E-state index in [9.17, 15) is 4.79 Å². The zero-order valence-electron chi connectivity index (χ0n) is 12.5. The molecule has 0 saturated heterocycles. The lowest BCUT2D eigenvalue weighted by molar-refractivity contribution is -0.117. The Morgan fingerprint density at radius 2 is 2.10 bits per heavy atom. The van der Waals surface area contributed by atoms with Crippen LogP contribution in [0.15, 0.2) is 18.2 Å². The van der Waals surface area contributed by atoms with Gasteiger partial charge in [-0.2, -0.15) is 0 Å². The Balaban J connectivity index is 2.03. The van der Waals surface area contributed by atoms with Crippen LogP contribution in [0, 0.1) is 0 Å². The summed E-state index contributed by atoms with van der Waals surface area (Å²) in [5.41, 5.74) is 6.56. The molecule has 1 aliphatic carbocycles. The lowest BCUT2D eigenvalue weighted by Crippen LogP contribution is -2.44. The SMILES string of the molecule is CCOc1ccc(Cl)cc1NC(=O)CC1(N)CCCCC1. The molecule has 3 N–H and O–H groups in total. The van der Waals surface area contributed by atoms with Gasteiger partial charge in [-0.25, -0.2) is 0 Å². The molecule has 1 aromatic carbocycles. The largest absolute Gasteiger partial charge is 0.492 e. The number of hydrogen-bond donors (Lipinski definition) is 2. The number of amides is 1. The Labute approximate surface area is 131 Å². The summed E-state index contributed by atoms with van der Waals surface area (Å²) >= 11 is 5.99. The van der Waals surface area contributed by atoms with Gasteiger partial charge in [0.05, 0.1) is 12.3 Å². The van der Waals surface area contributed by atoms with Gasteiger partial charge < -0.3 is 15.8 Å². The zero-order valence-corrected chi connectivity index (χ0v) is 13.2. The molecule has 0 aromatic heterocycles. The van der Waals surface area contributed by atoms with Crippen LogP contribution in [0.1, 0.15) is 45.4 Å². The molecule has 0 unspecified atom stereocenters. The fourth-order valence-electron chi connectivity index (χ4n) is 2.83. The number of benzene rings is 1. The number of carbonyl (C=O) groups excluding carboxylic acids is 1. The number of hydrogen-bond acceptors (Lipinski definition) is 3. The van der Waals surface area contributed by atoms with E-state index in [1.54, 1.807) is 18.2 Å². The van der Waals surface area contributed by atoms with Crippen molar-refractivity contribution < 1.29 is 9.53 Å². The average Bonchev–Trinajstić information content (AvgIpc) is 2.42. The van der Waals surface area contributed by atoms with Crippen molar-refractivity contribution in [2.45, 2.75) is 51.0 Å². The highest BCUT2D eigenvalue weighted by Crippen LogP contribution is 2.31. The van der Waals surface area contributed by atoms with Gasteiger partial charge in [0.25, 0.3) is 0 Å². The summed E-state index contributed by atoms with van der Waals surface area (Å²) in [5, 5.41) is 3.44. The van der Waals surface area contributed by atoms with Crippen LogP contribution in [0.2, 0.25) is 5.02 Å². The van der Waals surface area contributed by atoms with Crippen LogP contribution in [-0.4, -0.2) is 18.1 Å². The summed E-state index contributed by atoms with van der Waals surface area (Å²) in [5.74, 6) is 0.549. The summed E-state index contributed by atoms with van der Waals surface area (Å²) in [4.78, 5) is 12.3. The molecule has 1 saturated carbocycles. The molecule has 0 bridgehead atoms. The van der Waals surface area contributed by atoms with E-state index < -0.39 is 0 Å². The second kappa shape index (κ2) is 7.14. The Morgan fingerprint density at radius 1 is 1.38 bits per heavy atom. The first-order valence-corrected chi connectivity index (χ1v) is 7.91. The molecule has 0 spiro atoms. The third-order valence-corrected chi connectivity index (χ3v) is 4.11. The van der Waals surface area contributed by atoms with E-state index in [2.05, 4.69) is 5.32 Å². The minimum Gasteiger partial charge on any atom is -0.492 e. The van der Waals surface area contributed by atoms with E-state index in [1.807, 2.05) is 6.92 Å². The molecule has 1 fully saturated rings. The summed E-state index contributed by atoms with van der Waals surface area (Å²) < 4.78 is 5.50. The van der Waals surface area contributed by atoms with Crippen LogP contribution in [-0.2, 0) is 4.79 Å². The number of nitrogens with two attached hydrogens (primary N) is 1. The van der Waals surface area contributed by atoms with Crippen LogP contribution in [0.25, 0.3) is 0 Å². The first-order chi connectivity index (χ1) is 10.0. The molecule has 1 aliphatic rings. The van der Waals surface area contributed by atoms with E-state index in [0.717, 1.165) is 25.7 Å². The highest BCUT2D eigenvalue weighted by Gasteiger charge is 2.30. The van der Waals surface area contributed by atoms with Crippen molar-refractivity contribution in [1.82, 2.24) is 0 Å². The van der Waals surface area contributed by atoms with Gasteiger partial charge in [0, 0.05) is 17.0 Å². The van der Waals surface area contributed by atoms with E-state index in [0.29, 0.717) is 29.5 Å². The molecular weight excluding hydrogens is 288 g/mol. The van der Waals surface area contributed by atoms with Crippen molar-refractivity contribution in [2.24, 2.45) is 5.73 Å². The van der Waals surface area contributed by atoms with Crippen molar-refractivity contribution >= 4 is 23.2 Å². The normalized spacial score (nSPS) is 17.3. The van der Waals surface area contributed by atoms with Crippen LogP contribution < -0.4 is 15.8 Å². The molecular formula is C16H23ClN2O2. The van der Waals surface area contributed by atoms with Crippen molar-refractivity contribution in [2.75, 3.05) is 11.9 Å². The maximum atomic E-state index is 12.3. The minimum absolute atomic E-state index is 0.0809. The fraction of sp³-hybridized carbons (Fsp3) is 0.562. The van der Waals surface area contributed by atoms with Gasteiger partial charge in [-0.15, -0.1) is 0 Å². The number of rotatable bonds is 5. The Kier molecular flexibility index (Phi) is 5.48. The van der Waals surface area contributed by atoms with Crippen molar-refractivity contribution in [3.05, 3.63) is 23.2 Å². The van der Waals surface area contributed by atoms with Gasteiger partial charge in [0.2, 0.25) is 5.91 Å². The van der Waals surface area contributed by atoms with Gasteiger partial charge in [-0.3, -0.25) is 4.79 Å². The van der Waals surface area contributed by atoms with E-state index in [1.165, 1.54) is 6.42 Å². The molecule has 0 atom stereocenters. The van der Waals surface area contributed by atoms with Gasteiger partial charge >= 0.3 is 0 Å². The molecule has 1 amide bonds. The second-order valence-electron chi connectivity index (χ2n) is 5.72. The third kappa shape index (κ3) is 4.61. The van der Waals surface area contributed by atoms with E-state index in [-0.39, 0.29) is 11.4 Å². The zero-order chi connectivity index (χ0) is 15.3. The summed E-state index contributed by atoms with van der Waals surface area (Å²) in [6.07, 6.45) is 5.58. The van der Waals surface area contributed by atoms with Crippen LogP contribution in [0.3, 0.4) is 0 Å². The summed E-state index contributed by atoms with van der Waals surface area (Å²) in [7, 11) is 0. The van der Waals surface area contributed by atoms with Crippen LogP contribution >= 0.6 is 11.6 Å². The van der Waals surface area contributed by atoms with Crippen molar-refractivity contribution in [3.8, 4) is 5.75 Å². The van der Waals surface area contributed by atoms with Crippen LogP contribution in [0.5, 0.6) is 5.75 Å². The van der Waals surface area contributed by atoms with Gasteiger partial charge in [0.15, 0.2) is 0 Å². The molecule has 0 radical (unpaired) electrons. The highest BCUT2D eigenvalue weighted by atomic mass is 35.5. The van der Waals surface area contributed by atoms with Crippen molar-refractivity contribution in [1.29, 1.82) is 0 Å². The number of nitrogens with one attached hydrogen (secondary N) is 1. The Morgan fingerprint density at radius 3 is 2.76 bits per heavy atom. The molecule has 1 aromatic rings. The second-order valence-corrected chi connectivity index (χ2v) is 6.16. The maximum Gasteiger partial charge on any atom is 0.226 e. The maximum absolute atomic E-state index is 12.3. The topological polar surface area (TPSA) is 64.3 Å². The summed E-state index contributed by atoms with van der Waals surface area (Å²) in [6.45, 7) is 2.43. The molecule has 0 aliphatic heterocycles. The average molecular weight is 311 g/mol. The molecule has 4 nitrogen and oxygen atoms in total. The molecule has 0 heterocycles. The number of anilines is 1. The molecule has 116 valence electrons. The lowest BCUT2D eigenvalue weighted by atomic mass is 9.80. The van der Waals surface area contributed by atoms with Crippen LogP contribution in [0.4, 0.5) is 5.69 Å². The number of halogens is 1. The van der Waals surface area contributed by atoms with Crippen molar-refractivity contribution in [3.63, 3.8) is 0 Å². The minimum atomic E-state index is -0.368. The van der Waals surface area contributed by atoms with Gasteiger partial charge in [0.1, 0.15) is 5.75 Å². The first-order valence-electron chi connectivity index (χ1n) is 7.53. The number of carbonyl (C=O) groups is 1. The van der Waals surface area contributed by atoms with E-state index >= 15 is 0 Å². The van der Waals surface area contributed by atoms with E-state index in [4.69, 9.17) is 22.1 Å². The molecule has 21 heavy (non-hydrogen) atoms. The Hall–Kier alpha value is -1.26. The summed E-state index contributed by atoms with van der Waals surface area (Å²) in [6, 6.07) is 5.21. The Bertz CT molecular complexity index is 499. The fourth-order valence-corrected chi connectivity index (χ4v) is 3.00. The lowest BCUT2D eigenvalue weighted by Gasteiger charge is -2.32. The molecule has 5 heteroatoms. The smallest absolute Gasteiger partial charge is 0.226 e. The van der Waals surface area contributed by atoms with Gasteiger partial charge in [-0.05, 0) is 38.0 Å². The predicted molar refractivity (Wildman–Crippen MR) is 85.9 cm³/mol. The third-order valence-electron chi connectivity index (χ3n) is 3.88. The highest BCUT2D eigenvalue weighted by molar-refractivity contribution is 6.31.